The first kappa shape index (κ1) is 10.5. The van der Waals surface area contributed by atoms with Gasteiger partial charge in [0.05, 0.1) is 0 Å². The van der Waals surface area contributed by atoms with Gasteiger partial charge in [0.25, 0.3) is 0 Å². The molecular weight excluding hydrogens is 208 g/mol. The molecule has 0 heterocycles. The van der Waals surface area contributed by atoms with Crippen LogP contribution in [0, 0.1) is 12.3 Å². The van der Waals surface area contributed by atoms with Gasteiger partial charge in [-0.25, -0.2) is 0 Å². The number of Topliss-reactive ketones (excluding diaryl/α,β-unsaturated/α-hetero) is 1. The highest BCUT2D eigenvalue weighted by molar-refractivity contribution is 6.12. The predicted octanol–water partition coefficient (Wildman–Crippen LogP) is 2.20. The number of benzene rings is 1. The van der Waals surface area contributed by atoms with Crippen LogP contribution in [0.25, 0.3) is 17.7 Å². The Morgan fingerprint density at radius 1 is 1.18 bits per heavy atom. The van der Waals surface area contributed by atoms with Gasteiger partial charge in [-0.2, -0.15) is 0 Å². The lowest BCUT2D eigenvalue weighted by atomic mass is 9.84. The van der Waals surface area contributed by atoms with Crippen LogP contribution in [0.15, 0.2) is 12.1 Å². The van der Waals surface area contributed by atoms with Crippen LogP contribution in [0.3, 0.4) is 0 Å². The van der Waals surface area contributed by atoms with E-state index in [2.05, 4.69) is 32.1 Å². The van der Waals surface area contributed by atoms with Crippen molar-refractivity contribution in [3.05, 3.63) is 39.3 Å². The third-order valence-corrected chi connectivity index (χ3v) is 4.24. The van der Waals surface area contributed by atoms with Gasteiger partial charge < -0.3 is 0 Å². The summed E-state index contributed by atoms with van der Waals surface area (Å²) < 4.78 is 0. The van der Waals surface area contributed by atoms with Crippen molar-refractivity contribution in [1.82, 2.24) is 0 Å². The average Bonchev–Trinajstić information content (AvgIpc) is 2.77. The summed E-state index contributed by atoms with van der Waals surface area (Å²) in [4.78, 5) is 12.6. The van der Waals surface area contributed by atoms with Crippen LogP contribution in [-0.2, 0) is 0 Å². The molecule has 0 aliphatic heterocycles. The lowest BCUT2D eigenvalue weighted by molar-refractivity contribution is 0.0901. The Morgan fingerprint density at radius 2 is 1.88 bits per heavy atom. The van der Waals surface area contributed by atoms with Gasteiger partial charge in [0.2, 0.25) is 0 Å². The van der Waals surface area contributed by atoms with Crippen LogP contribution in [0.4, 0.5) is 0 Å². The van der Waals surface area contributed by atoms with E-state index >= 15 is 0 Å². The number of aryl methyl sites for hydroxylation is 1. The first-order valence-electron chi connectivity index (χ1n) is 6.03. The average molecular weight is 224 g/mol. The van der Waals surface area contributed by atoms with E-state index in [9.17, 15) is 4.79 Å². The fraction of sp³-hybridized carbons (Fsp3) is 0.312. The zero-order valence-corrected chi connectivity index (χ0v) is 10.7. The maximum absolute atomic E-state index is 12.6. The molecule has 86 valence electrons. The molecule has 0 radical (unpaired) electrons. The number of fused-ring (bicyclic) bond motifs is 3. The van der Waals surface area contributed by atoms with Crippen molar-refractivity contribution in [2.45, 2.75) is 27.7 Å². The fourth-order valence-corrected chi connectivity index (χ4v) is 2.94. The quantitative estimate of drug-likeness (QED) is 0.660. The van der Waals surface area contributed by atoms with E-state index in [0.717, 1.165) is 11.1 Å². The Hall–Kier alpha value is -1.63. The summed E-state index contributed by atoms with van der Waals surface area (Å²) in [6.45, 7) is 8.24. The van der Waals surface area contributed by atoms with E-state index in [1.807, 2.05) is 19.9 Å². The maximum Gasteiger partial charge on any atom is 0.173 e. The number of carbonyl (C=O) groups is 1. The molecule has 0 unspecified atom stereocenters. The molecule has 2 aliphatic carbocycles. The van der Waals surface area contributed by atoms with Gasteiger partial charge >= 0.3 is 0 Å². The summed E-state index contributed by atoms with van der Waals surface area (Å²) in [5.74, 6) is 0.268. The third kappa shape index (κ3) is 1.12. The van der Waals surface area contributed by atoms with Crippen LogP contribution < -0.4 is 10.4 Å². The summed E-state index contributed by atoms with van der Waals surface area (Å²) in [5.41, 5.74) is 4.12. The molecular formula is C16H16O. The fourth-order valence-electron chi connectivity index (χ4n) is 2.94. The van der Waals surface area contributed by atoms with E-state index in [0.29, 0.717) is 0 Å². The summed E-state index contributed by atoms with van der Waals surface area (Å²) >= 11 is 0. The Morgan fingerprint density at radius 3 is 2.59 bits per heavy atom. The van der Waals surface area contributed by atoms with E-state index < -0.39 is 0 Å². The van der Waals surface area contributed by atoms with Gasteiger partial charge in [-0.15, -0.1) is 0 Å². The Bertz CT molecular complexity index is 700. The summed E-state index contributed by atoms with van der Waals surface area (Å²) in [6, 6.07) is 2.19. The van der Waals surface area contributed by atoms with Crippen LogP contribution in [0.1, 0.15) is 42.3 Å². The maximum atomic E-state index is 12.6. The van der Waals surface area contributed by atoms with Crippen molar-refractivity contribution in [3.8, 4) is 0 Å². The molecule has 0 fully saturated rings. The molecule has 0 saturated carbocycles. The highest BCUT2D eigenvalue weighted by atomic mass is 16.1. The zero-order valence-electron chi connectivity index (χ0n) is 10.7. The topological polar surface area (TPSA) is 17.1 Å². The molecule has 1 aromatic carbocycles. The van der Waals surface area contributed by atoms with E-state index in [-0.39, 0.29) is 11.2 Å². The molecule has 0 bridgehead atoms. The number of ketones is 1. The molecule has 3 rings (SSSR count). The Balaban J connectivity index is 2.56. The number of rotatable bonds is 0. The van der Waals surface area contributed by atoms with Crippen LogP contribution >= 0.6 is 0 Å². The minimum atomic E-state index is -0.349. The number of allylic oxidation sites excluding steroid dienone is 1. The SMILES string of the molecule is CC1=c2c(C)cc3c(c2C(=O)C1(C)C)C=CC=3. The third-order valence-electron chi connectivity index (χ3n) is 4.24. The van der Waals surface area contributed by atoms with Crippen molar-refractivity contribution in [2.24, 2.45) is 5.41 Å². The Labute approximate surface area is 101 Å². The molecule has 1 heteroatoms. The van der Waals surface area contributed by atoms with Gasteiger partial charge in [-0.05, 0) is 49.3 Å². The van der Waals surface area contributed by atoms with Crippen LogP contribution in [0.5, 0.6) is 0 Å². The van der Waals surface area contributed by atoms with E-state index in [1.54, 1.807) is 0 Å². The van der Waals surface area contributed by atoms with Crippen molar-refractivity contribution < 1.29 is 4.79 Å². The highest BCUT2D eigenvalue weighted by Crippen LogP contribution is 2.36. The normalized spacial score (nSPS) is 19.3. The van der Waals surface area contributed by atoms with Crippen LogP contribution in [-0.4, -0.2) is 5.78 Å². The molecule has 1 aromatic rings. The lowest BCUT2D eigenvalue weighted by Crippen LogP contribution is -2.23. The minimum absolute atomic E-state index is 0.268. The number of hydrogen-bond donors (Lipinski definition) is 0. The predicted molar refractivity (Wildman–Crippen MR) is 71.1 cm³/mol. The second kappa shape index (κ2) is 2.98. The van der Waals surface area contributed by atoms with Crippen molar-refractivity contribution in [3.63, 3.8) is 0 Å². The second-order valence-corrected chi connectivity index (χ2v) is 5.55. The largest absolute Gasteiger partial charge is 0.293 e. The molecule has 1 nitrogen and oxygen atoms in total. The molecule has 0 spiro atoms. The first-order valence-corrected chi connectivity index (χ1v) is 6.03. The smallest absolute Gasteiger partial charge is 0.173 e. The van der Waals surface area contributed by atoms with Crippen molar-refractivity contribution in [1.29, 1.82) is 0 Å². The molecule has 0 amide bonds. The van der Waals surface area contributed by atoms with E-state index in [4.69, 9.17) is 0 Å². The number of hydrogen-bond acceptors (Lipinski definition) is 1. The zero-order chi connectivity index (χ0) is 12.4. The second-order valence-electron chi connectivity index (χ2n) is 5.55. The van der Waals surface area contributed by atoms with Gasteiger partial charge in [-0.3, -0.25) is 4.79 Å². The molecule has 0 aromatic heterocycles. The molecule has 0 saturated heterocycles. The molecule has 0 atom stereocenters. The lowest BCUT2D eigenvalue weighted by Gasteiger charge is -2.17. The number of carbonyl (C=O) groups excluding carboxylic acids is 1. The molecule has 2 aliphatic rings. The highest BCUT2D eigenvalue weighted by Gasteiger charge is 2.39. The van der Waals surface area contributed by atoms with Crippen molar-refractivity contribution >= 4 is 23.5 Å². The first-order chi connectivity index (χ1) is 7.94. The molecule has 0 N–H and O–H groups in total. The summed E-state index contributed by atoms with van der Waals surface area (Å²) in [7, 11) is 0. The monoisotopic (exact) mass is 224 g/mol. The molecule has 17 heavy (non-hydrogen) atoms. The standard InChI is InChI=1S/C16H16O/c1-9-8-11-6-5-7-12(11)14-13(9)10(2)16(3,4)15(14)17/h5-8H,1-4H3. The minimum Gasteiger partial charge on any atom is -0.293 e. The van der Waals surface area contributed by atoms with Crippen molar-refractivity contribution in [2.75, 3.05) is 0 Å². The van der Waals surface area contributed by atoms with Gasteiger partial charge in [0.1, 0.15) is 0 Å². The summed E-state index contributed by atoms with van der Waals surface area (Å²) in [6.07, 6.45) is 6.16. The van der Waals surface area contributed by atoms with Gasteiger partial charge in [-0.1, -0.05) is 29.9 Å². The Kier molecular flexibility index (Phi) is 1.84. The van der Waals surface area contributed by atoms with Gasteiger partial charge in [0, 0.05) is 11.0 Å². The summed E-state index contributed by atoms with van der Waals surface area (Å²) in [5, 5.41) is 2.36. The van der Waals surface area contributed by atoms with E-state index in [1.165, 1.54) is 21.6 Å². The van der Waals surface area contributed by atoms with Crippen LogP contribution in [0.2, 0.25) is 0 Å². The van der Waals surface area contributed by atoms with Gasteiger partial charge in [0.15, 0.2) is 5.78 Å².